The molecule has 0 radical (unpaired) electrons. The van der Waals surface area contributed by atoms with Crippen molar-refractivity contribution in [2.75, 3.05) is 5.32 Å². The highest BCUT2D eigenvalue weighted by molar-refractivity contribution is 5.86. The number of hydrogen-bond donors (Lipinski definition) is 1. The quantitative estimate of drug-likeness (QED) is 0.559. The van der Waals surface area contributed by atoms with Crippen LogP contribution in [0.2, 0.25) is 0 Å². The molecular formula is C24H24N4O2. The number of aromatic nitrogens is 3. The first kappa shape index (κ1) is 18.5. The third kappa shape index (κ3) is 2.49. The lowest BCUT2D eigenvalue weighted by atomic mass is 9.96. The zero-order valence-corrected chi connectivity index (χ0v) is 17.5. The Morgan fingerprint density at radius 1 is 0.933 bits per heavy atom. The van der Waals surface area contributed by atoms with E-state index >= 15 is 0 Å². The number of hydrogen-bond acceptors (Lipinski definition) is 3. The van der Waals surface area contributed by atoms with Crippen LogP contribution in [0.4, 0.5) is 5.69 Å². The average molecular weight is 400 g/mol. The van der Waals surface area contributed by atoms with Crippen molar-refractivity contribution in [1.82, 2.24) is 13.7 Å². The molecule has 5 rings (SSSR count). The van der Waals surface area contributed by atoms with Gasteiger partial charge in [-0.25, -0.2) is 4.79 Å². The molecule has 6 heteroatoms. The van der Waals surface area contributed by atoms with E-state index in [2.05, 4.69) is 48.0 Å². The number of nitrogens with zero attached hydrogens (tertiary/aromatic N) is 3. The largest absolute Gasteiger partial charge is 0.371 e. The zero-order valence-electron chi connectivity index (χ0n) is 17.5. The molecule has 152 valence electrons. The molecule has 2 aromatic carbocycles. The minimum absolute atomic E-state index is 0.184. The van der Waals surface area contributed by atoms with Crippen molar-refractivity contribution in [2.24, 2.45) is 14.1 Å². The van der Waals surface area contributed by atoms with Crippen LogP contribution in [0.1, 0.15) is 42.6 Å². The predicted octanol–water partition coefficient (Wildman–Crippen LogP) is 3.67. The first-order chi connectivity index (χ1) is 14.4. The molecular weight excluding hydrogens is 376 g/mol. The summed E-state index contributed by atoms with van der Waals surface area (Å²) in [6, 6.07) is 16.4. The van der Waals surface area contributed by atoms with Gasteiger partial charge in [-0.15, -0.1) is 0 Å². The highest BCUT2D eigenvalue weighted by atomic mass is 16.2. The van der Waals surface area contributed by atoms with E-state index in [0.717, 1.165) is 22.6 Å². The molecule has 1 N–H and O–H groups in total. The van der Waals surface area contributed by atoms with Crippen LogP contribution in [0.15, 0.2) is 64.3 Å². The summed E-state index contributed by atoms with van der Waals surface area (Å²) in [5, 5.41) is 4.17. The van der Waals surface area contributed by atoms with E-state index in [1.54, 1.807) is 11.6 Å². The van der Waals surface area contributed by atoms with E-state index in [0.29, 0.717) is 16.8 Å². The summed E-state index contributed by atoms with van der Waals surface area (Å²) in [5.41, 5.74) is 5.29. The van der Waals surface area contributed by atoms with E-state index in [9.17, 15) is 9.59 Å². The van der Waals surface area contributed by atoms with Crippen LogP contribution < -0.4 is 16.6 Å². The maximum atomic E-state index is 12.9. The monoisotopic (exact) mass is 400 g/mol. The van der Waals surface area contributed by atoms with E-state index in [1.807, 2.05) is 30.5 Å². The molecule has 0 fully saturated rings. The van der Waals surface area contributed by atoms with Gasteiger partial charge in [0.1, 0.15) is 0 Å². The van der Waals surface area contributed by atoms with Gasteiger partial charge >= 0.3 is 5.69 Å². The van der Waals surface area contributed by atoms with Crippen molar-refractivity contribution in [3.8, 4) is 5.69 Å². The van der Waals surface area contributed by atoms with Crippen LogP contribution in [0, 0.1) is 0 Å². The lowest BCUT2D eigenvalue weighted by Crippen LogP contribution is -2.37. The molecule has 0 saturated carbocycles. The van der Waals surface area contributed by atoms with Gasteiger partial charge in [-0.3, -0.25) is 13.9 Å². The number of para-hydroxylation sites is 2. The third-order valence-electron chi connectivity index (χ3n) is 6.13. The first-order valence-electron chi connectivity index (χ1n) is 10.1. The van der Waals surface area contributed by atoms with Gasteiger partial charge in [0.05, 0.1) is 34.0 Å². The Labute approximate surface area is 174 Å². The van der Waals surface area contributed by atoms with Crippen LogP contribution in [0.3, 0.4) is 0 Å². The van der Waals surface area contributed by atoms with Crippen LogP contribution >= 0.6 is 0 Å². The Balaban J connectivity index is 1.85. The third-order valence-corrected chi connectivity index (χ3v) is 6.13. The molecule has 4 aromatic rings. The van der Waals surface area contributed by atoms with E-state index in [1.165, 1.54) is 17.2 Å². The molecule has 0 amide bonds. The standard InChI is InChI=1S/C24H24N4O2/c1-14(2)15-9-11-16(12-10-15)20-22-21-17(23(29)27(4)24(30)26(21)3)13-28(22)19-8-6-5-7-18(19)25-20/h5-14,20,25H,1-4H3. The summed E-state index contributed by atoms with van der Waals surface area (Å²) in [6.45, 7) is 4.35. The van der Waals surface area contributed by atoms with E-state index in [-0.39, 0.29) is 17.3 Å². The lowest BCUT2D eigenvalue weighted by Gasteiger charge is -2.30. The summed E-state index contributed by atoms with van der Waals surface area (Å²) in [7, 11) is 3.25. The number of anilines is 1. The molecule has 1 aliphatic rings. The molecule has 0 aliphatic carbocycles. The highest BCUT2D eigenvalue weighted by Gasteiger charge is 2.30. The van der Waals surface area contributed by atoms with Crippen molar-refractivity contribution in [3.05, 3.63) is 92.4 Å². The minimum Gasteiger partial charge on any atom is -0.371 e. The summed E-state index contributed by atoms with van der Waals surface area (Å²) < 4.78 is 4.80. The molecule has 0 spiro atoms. The normalized spacial score (nSPS) is 15.2. The molecule has 6 nitrogen and oxygen atoms in total. The average Bonchev–Trinajstić information content (AvgIpc) is 3.17. The second-order valence-electron chi connectivity index (χ2n) is 8.27. The SMILES string of the molecule is CC(C)c1ccc(C2Nc3ccccc3-n3cc4c(=O)n(C)c(=O)n(C)c4c32)cc1. The van der Waals surface area contributed by atoms with Gasteiger partial charge in [-0.2, -0.15) is 0 Å². The van der Waals surface area contributed by atoms with E-state index in [4.69, 9.17) is 0 Å². The van der Waals surface area contributed by atoms with Crippen LogP contribution in [0.25, 0.3) is 16.6 Å². The highest BCUT2D eigenvalue weighted by Crippen LogP contribution is 2.40. The smallest absolute Gasteiger partial charge is 0.331 e. The number of rotatable bonds is 2. The molecule has 1 aliphatic heterocycles. The Morgan fingerprint density at radius 2 is 1.63 bits per heavy atom. The van der Waals surface area contributed by atoms with Crippen LogP contribution in [-0.4, -0.2) is 13.7 Å². The molecule has 0 saturated heterocycles. The summed E-state index contributed by atoms with van der Waals surface area (Å²) in [5.74, 6) is 0.452. The predicted molar refractivity (Wildman–Crippen MR) is 120 cm³/mol. The molecule has 1 atom stereocenters. The number of aryl methyl sites for hydroxylation is 1. The fourth-order valence-electron chi connectivity index (χ4n) is 4.43. The lowest BCUT2D eigenvalue weighted by molar-refractivity contribution is 0.708. The fourth-order valence-corrected chi connectivity index (χ4v) is 4.43. The maximum Gasteiger partial charge on any atom is 0.331 e. The number of fused-ring (bicyclic) bond motifs is 5. The number of nitrogens with one attached hydrogen (secondary N) is 1. The molecule has 3 heterocycles. The molecule has 2 aromatic heterocycles. The van der Waals surface area contributed by atoms with Gasteiger partial charge < -0.3 is 9.88 Å². The second-order valence-corrected chi connectivity index (χ2v) is 8.27. The van der Waals surface area contributed by atoms with Crippen molar-refractivity contribution >= 4 is 16.6 Å². The van der Waals surface area contributed by atoms with Crippen molar-refractivity contribution in [2.45, 2.75) is 25.8 Å². The van der Waals surface area contributed by atoms with E-state index < -0.39 is 0 Å². The molecule has 0 bridgehead atoms. The Morgan fingerprint density at radius 3 is 2.33 bits per heavy atom. The molecule has 30 heavy (non-hydrogen) atoms. The summed E-state index contributed by atoms with van der Waals surface area (Å²) in [6.07, 6.45) is 1.86. The summed E-state index contributed by atoms with van der Waals surface area (Å²) in [4.78, 5) is 25.6. The van der Waals surface area contributed by atoms with Crippen molar-refractivity contribution in [1.29, 1.82) is 0 Å². The Bertz CT molecular complexity index is 1400. The fraction of sp³-hybridized carbons (Fsp3) is 0.250. The van der Waals surface area contributed by atoms with Crippen LogP contribution in [-0.2, 0) is 14.1 Å². The van der Waals surface area contributed by atoms with Gasteiger partial charge in [0.25, 0.3) is 5.56 Å². The Hall–Kier alpha value is -3.54. The van der Waals surface area contributed by atoms with Gasteiger partial charge in [-0.05, 0) is 29.2 Å². The zero-order chi connectivity index (χ0) is 21.2. The van der Waals surface area contributed by atoms with Gasteiger partial charge in [0.2, 0.25) is 0 Å². The minimum atomic E-state index is -0.325. The first-order valence-corrected chi connectivity index (χ1v) is 10.1. The van der Waals surface area contributed by atoms with Gasteiger partial charge in [-0.1, -0.05) is 50.2 Å². The maximum absolute atomic E-state index is 12.9. The second kappa shape index (κ2) is 6.49. The van der Waals surface area contributed by atoms with Crippen molar-refractivity contribution in [3.63, 3.8) is 0 Å². The van der Waals surface area contributed by atoms with Crippen molar-refractivity contribution < 1.29 is 0 Å². The molecule has 1 unspecified atom stereocenters. The van der Waals surface area contributed by atoms with Crippen LogP contribution in [0.5, 0.6) is 0 Å². The van der Waals surface area contributed by atoms with Gasteiger partial charge in [0.15, 0.2) is 0 Å². The summed E-state index contributed by atoms with van der Waals surface area (Å²) >= 11 is 0. The van der Waals surface area contributed by atoms with Gasteiger partial charge in [0, 0.05) is 20.3 Å². The Kier molecular flexibility index (Phi) is 4.00. The number of benzene rings is 2. The topological polar surface area (TPSA) is 61.0 Å².